The lowest BCUT2D eigenvalue weighted by atomic mass is 10.1. The van der Waals surface area contributed by atoms with E-state index in [-0.39, 0.29) is 11.3 Å². The highest BCUT2D eigenvalue weighted by molar-refractivity contribution is 9.10. The van der Waals surface area contributed by atoms with Gasteiger partial charge in [0.05, 0.1) is 5.69 Å². The quantitative estimate of drug-likeness (QED) is 0.236. The molecule has 0 fully saturated rings. The molecule has 0 aliphatic rings. The molecule has 0 saturated heterocycles. The summed E-state index contributed by atoms with van der Waals surface area (Å²) in [4.78, 5) is 14.8. The Morgan fingerprint density at radius 1 is 1.24 bits per heavy atom. The van der Waals surface area contributed by atoms with E-state index in [0.29, 0.717) is 15.1 Å². The molecule has 0 atom stereocenters. The minimum absolute atomic E-state index is 0.238. The van der Waals surface area contributed by atoms with Gasteiger partial charge in [-0.25, -0.2) is 0 Å². The number of hydrogen-bond donors (Lipinski definition) is 0. The number of nitrogens with zero attached hydrogens (tertiary/aromatic N) is 3. The lowest BCUT2D eigenvalue weighted by molar-refractivity contribution is 0.105. The van der Waals surface area contributed by atoms with E-state index in [4.69, 9.17) is 17.1 Å². The van der Waals surface area contributed by atoms with Gasteiger partial charge < -0.3 is 0 Å². The van der Waals surface area contributed by atoms with Crippen LogP contribution in [0.25, 0.3) is 10.4 Å². The van der Waals surface area contributed by atoms with Crippen LogP contribution in [-0.2, 0) is 0 Å². The van der Waals surface area contributed by atoms with Crippen LogP contribution < -0.4 is 0 Å². The maximum absolute atomic E-state index is 12.1. The third-order valence-electron chi connectivity index (χ3n) is 2.52. The van der Waals surface area contributed by atoms with Gasteiger partial charge in [0.2, 0.25) is 5.78 Å². The first-order valence-electron chi connectivity index (χ1n) is 5.77. The van der Waals surface area contributed by atoms with E-state index in [0.717, 1.165) is 0 Å². The molecule has 4 nitrogen and oxygen atoms in total. The molecule has 6 heteroatoms. The minimum Gasteiger partial charge on any atom is -0.279 e. The third kappa shape index (κ3) is 4.11. The molecule has 0 spiro atoms. The van der Waals surface area contributed by atoms with Crippen molar-refractivity contribution in [3.05, 3.63) is 73.5 Å². The van der Waals surface area contributed by atoms with Gasteiger partial charge in [0.1, 0.15) is 0 Å². The zero-order valence-corrected chi connectivity index (χ0v) is 12.9. The zero-order chi connectivity index (χ0) is 15.2. The van der Waals surface area contributed by atoms with E-state index in [1.807, 2.05) is 0 Å². The molecule has 2 aromatic carbocycles. The van der Waals surface area contributed by atoms with Crippen LogP contribution >= 0.6 is 27.5 Å². The first-order valence-corrected chi connectivity index (χ1v) is 6.94. The number of ketones is 1. The molecular formula is C15H7BrClN3O. The number of carbonyl (C=O) groups is 1. The Bertz CT molecular complexity index is 800. The summed E-state index contributed by atoms with van der Waals surface area (Å²) in [6.07, 6.45) is 0. The highest BCUT2D eigenvalue weighted by atomic mass is 79.9. The van der Waals surface area contributed by atoms with Gasteiger partial charge in [0.25, 0.3) is 0 Å². The molecule has 21 heavy (non-hydrogen) atoms. The van der Waals surface area contributed by atoms with Crippen LogP contribution in [0, 0.1) is 11.8 Å². The SMILES string of the molecule is [N-]=[N+]=Nc1cc(Br)ccc1C(=O)C#Cc1ccc(Cl)cc1. The molecule has 0 aliphatic heterocycles. The predicted molar refractivity (Wildman–Crippen MR) is 85.6 cm³/mol. The maximum atomic E-state index is 12.1. The standard InChI is InChI=1S/C15H7BrClN3O/c16-11-4-7-13(14(9-11)19-20-18)15(21)8-3-10-1-5-12(17)6-2-10/h1-2,4-7,9H. The van der Waals surface area contributed by atoms with Crippen LogP contribution in [0.2, 0.25) is 5.02 Å². The van der Waals surface area contributed by atoms with E-state index < -0.39 is 5.78 Å². The normalized spacial score (nSPS) is 9.24. The van der Waals surface area contributed by atoms with E-state index in [1.165, 1.54) is 0 Å². The first kappa shape index (κ1) is 15.1. The van der Waals surface area contributed by atoms with E-state index in [2.05, 4.69) is 37.8 Å². The minimum atomic E-state index is -0.417. The van der Waals surface area contributed by atoms with Gasteiger partial charge in [-0.2, -0.15) is 0 Å². The topological polar surface area (TPSA) is 65.8 Å². The lowest BCUT2D eigenvalue weighted by Crippen LogP contribution is -1.95. The summed E-state index contributed by atoms with van der Waals surface area (Å²) in [5.41, 5.74) is 9.71. The van der Waals surface area contributed by atoms with Gasteiger partial charge in [-0.1, -0.05) is 38.6 Å². The summed E-state index contributed by atoms with van der Waals surface area (Å²) in [5.74, 6) is 4.85. The van der Waals surface area contributed by atoms with Crippen LogP contribution in [0.1, 0.15) is 15.9 Å². The second-order valence-electron chi connectivity index (χ2n) is 3.94. The van der Waals surface area contributed by atoms with Gasteiger partial charge in [-0.15, -0.1) is 0 Å². The van der Waals surface area contributed by atoms with Crippen molar-refractivity contribution >= 4 is 39.0 Å². The fraction of sp³-hybridized carbons (Fsp3) is 0. The Kier molecular flexibility index (Phi) is 5.02. The number of hydrogen-bond acceptors (Lipinski definition) is 2. The molecule has 0 saturated carbocycles. The Morgan fingerprint density at radius 2 is 1.95 bits per heavy atom. The fourth-order valence-electron chi connectivity index (χ4n) is 1.56. The smallest absolute Gasteiger partial charge is 0.236 e. The first-order chi connectivity index (χ1) is 10.1. The monoisotopic (exact) mass is 359 g/mol. The summed E-state index contributed by atoms with van der Waals surface area (Å²) < 4.78 is 0.715. The predicted octanol–water partition coefficient (Wildman–Crippen LogP) is 5.28. The lowest BCUT2D eigenvalue weighted by Gasteiger charge is -2.00. The number of Topliss-reactive ketones (excluding diaryl/α,β-unsaturated/α-hetero) is 1. The Morgan fingerprint density at radius 3 is 2.62 bits per heavy atom. The number of azide groups is 1. The number of benzene rings is 2. The van der Waals surface area contributed by atoms with Crippen LogP contribution in [0.5, 0.6) is 0 Å². The van der Waals surface area contributed by atoms with Crippen LogP contribution in [-0.4, -0.2) is 5.78 Å². The molecule has 0 heterocycles. The highest BCUT2D eigenvalue weighted by Gasteiger charge is 2.08. The molecule has 102 valence electrons. The van der Waals surface area contributed by atoms with Crippen molar-refractivity contribution in [2.24, 2.45) is 5.11 Å². The van der Waals surface area contributed by atoms with Gasteiger partial charge in [0.15, 0.2) is 0 Å². The Labute approximate surface area is 134 Å². The average molecular weight is 361 g/mol. The molecule has 0 aliphatic carbocycles. The van der Waals surface area contributed by atoms with Crippen molar-refractivity contribution in [3.63, 3.8) is 0 Å². The largest absolute Gasteiger partial charge is 0.279 e. The molecule has 0 radical (unpaired) electrons. The fourth-order valence-corrected chi connectivity index (χ4v) is 2.03. The number of carbonyl (C=O) groups excluding carboxylic acids is 1. The molecule has 2 rings (SSSR count). The molecule has 0 bridgehead atoms. The van der Waals surface area contributed by atoms with Crippen LogP contribution in [0.3, 0.4) is 0 Å². The van der Waals surface area contributed by atoms with Gasteiger partial charge >= 0.3 is 0 Å². The maximum Gasteiger partial charge on any atom is 0.236 e. The van der Waals surface area contributed by atoms with Crippen LogP contribution in [0.4, 0.5) is 5.69 Å². The number of rotatable bonds is 2. The van der Waals surface area contributed by atoms with Gasteiger partial charge in [0, 0.05) is 25.5 Å². The van der Waals surface area contributed by atoms with Crippen molar-refractivity contribution in [2.75, 3.05) is 0 Å². The third-order valence-corrected chi connectivity index (χ3v) is 3.27. The van der Waals surface area contributed by atoms with Gasteiger partial charge in [-0.3, -0.25) is 4.79 Å². The van der Waals surface area contributed by atoms with E-state index >= 15 is 0 Å². The Balaban J connectivity index is 2.33. The van der Waals surface area contributed by atoms with Crippen molar-refractivity contribution in [1.82, 2.24) is 0 Å². The molecule has 0 aromatic heterocycles. The van der Waals surface area contributed by atoms with Crippen LogP contribution in [0.15, 0.2) is 52.1 Å². The average Bonchev–Trinajstić information content (AvgIpc) is 2.47. The molecule has 0 amide bonds. The summed E-state index contributed by atoms with van der Waals surface area (Å²) in [5, 5.41) is 4.10. The summed E-state index contributed by atoms with van der Waals surface area (Å²) in [6.45, 7) is 0. The second-order valence-corrected chi connectivity index (χ2v) is 5.29. The van der Waals surface area contributed by atoms with Crippen molar-refractivity contribution in [1.29, 1.82) is 0 Å². The molecule has 0 unspecified atom stereocenters. The van der Waals surface area contributed by atoms with E-state index in [9.17, 15) is 4.79 Å². The van der Waals surface area contributed by atoms with E-state index in [1.54, 1.807) is 42.5 Å². The molecular weight excluding hydrogens is 354 g/mol. The summed E-state index contributed by atoms with van der Waals surface area (Å²) in [7, 11) is 0. The second kappa shape index (κ2) is 6.96. The zero-order valence-electron chi connectivity index (χ0n) is 10.5. The number of halogens is 2. The van der Waals surface area contributed by atoms with Crippen molar-refractivity contribution in [2.45, 2.75) is 0 Å². The summed E-state index contributed by atoms with van der Waals surface area (Å²) in [6, 6.07) is 11.6. The molecule has 2 aromatic rings. The van der Waals surface area contributed by atoms with Crippen molar-refractivity contribution < 1.29 is 4.79 Å². The summed E-state index contributed by atoms with van der Waals surface area (Å²) >= 11 is 9.03. The Hall–Kier alpha value is -2.25. The van der Waals surface area contributed by atoms with Crippen molar-refractivity contribution in [3.8, 4) is 11.8 Å². The highest BCUT2D eigenvalue weighted by Crippen LogP contribution is 2.24. The molecule has 0 N–H and O–H groups in total. The van der Waals surface area contributed by atoms with Gasteiger partial charge in [-0.05, 0) is 53.9 Å².